The number of thiazole rings is 1. The fourth-order valence-electron chi connectivity index (χ4n) is 2.23. The summed E-state index contributed by atoms with van der Waals surface area (Å²) in [5.74, 6) is 0. The Kier molecular flexibility index (Phi) is 3.09. The first kappa shape index (κ1) is 12.7. The Hall–Kier alpha value is -1.98. The van der Waals surface area contributed by atoms with Crippen LogP contribution in [0, 0.1) is 0 Å². The largest absolute Gasteiger partial charge is 0.332 e. The van der Waals surface area contributed by atoms with Crippen molar-refractivity contribution < 1.29 is 0 Å². The summed E-state index contributed by atoms with van der Waals surface area (Å²) in [7, 11) is 0. The molecular formula is C16H10BrN3S. The fourth-order valence-corrected chi connectivity index (χ4v) is 3.45. The molecule has 4 rings (SSSR count). The quantitative estimate of drug-likeness (QED) is 0.526. The highest BCUT2D eigenvalue weighted by atomic mass is 79.9. The average molecular weight is 356 g/mol. The number of hydrogen-bond donors (Lipinski definition) is 1. The van der Waals surface area contributed by atoms with Gasteiger partial charge in [-0.05, 0) is 42.5 Å². The Morgan fingerprint density at radius 2 is 1.95 bits per heavy atom. The van der Waals surface area contributed by atoms with E-state index in [4.69, 9.17) is 0 Å². The number of rotatable bonds is 2. The Labute approximate surface area is 133 Å². The number of nitrogens with zero attached hydrogens (tertiary/aromatic N) is 2. The molecule has 0 spiro atoms. The zero-order chi connectivity index (χ0) is 14.2. The Morgan fingerprint density at radius 3 is 2.90 bits per heavy atom. The zero-order valence-corrected chi connectivity index (χ0v) is 13.3. The van der Waals surface area contributed by atoms with E-state index < -0.39 is 0 Å². The molecule has 0 fully saturated rings. The molecule has 2 aromatic heterocycles. The average Bonchev–Trinajstić information content (AvgIpc) is 2.88. The smallest absolute Gasteiger partial charge is 0.188 e. The predicted octanol–water partition coefficient (Wildman–Crippen LogP) is 5.35. The molecule has 0 atom stereocenters. The summed E-state index contributed by atoms with van der Waals surface area (Å²) in [4.78, 5) is 8.94. The monoisotopic (exact) mass is 355 g/mol. The van der Waals surface area contributed by atoms with E-state index in [-0.39, 0.29) is 0 Å². The van der Waals surface area contributed by atoms with E-state index >= 15 is 0 Å². The van der Waals surface area contributed by atoms with E-state index in [1.54, 1.807) is 17.5 Å². The molecule has 21 heavy (non-hydrogen) atoms. The highest BCUT2D eigenvalue weighted by Crippen LogP contribution is 2.30. The maximum Gasteiger partial charge on any atom is 0.188 e. The Balaban J connectivity index is 1.71. The predicted molar refractivity (Wildman–Crippen MR) is 92.3 cm³/mol. The second-order valence-electron chi connectivity index (χ2n) is 4.67. The third-order valence-electron chi connectivity index (χ3n) is 3.20. The molecule has 0 aliphatic rings. The molecule has 0 aliphatic carbocycles. The highest BCUT2D eigenvalue weighted by Gasteiger charge is 2.05. The molecule has 1 N–H and O–H groups in total. The van der Waals surface area contributed by atoms with Gasteiger partial charge in [0, 0.05) is 21.7 Å². The summed E-state index contributed by atoms with van der Waals surface area (Å²) >= 11 is 5.12. The topological polar surface area (TPSA) is 37.8 Å². The number of halogens is 1. The molecule has 2 aromatic carbocycles. The van der Waals surface area contributed by atoms with Gasteiger partial charge in [0.2, 0.25) is 0 Å². The van der Waals surface area contributed by atoms with Gasteiger partial charge in [-0.3, -0.25) is 4.98 Å². The van der Waals surface area contributed by atoms with E-state index in [9.17, 15) is 0 Å². The lowest BCUT2D eigenvalue weighted by Gasteiger charge is -2.03. The van der Waals surface area contributed by atoms with Crippen LogP contribution >= 0.6 is 27.3 Å². The van der Waals surface area contributed by atoms with E-state index in [2.05, 4.69) is 49.4 Å². The van der Waals surface area contributed by atoms with Crippen molar-refractivity contribution in [2.45, 2.75) is 0 Å². The zero-order valence-electron chi connectivity index (χ0n) is 10.9. The second-order valence-corrected chi connectivity index (χ2v) is 6.61. The molecule has 102 valence electrons. The molecule has 5 heteroatoms. The first-order valence-electron chi connectivity index (χ1n) is 6.46. The van der Waals surface area contributed by atoms with Crippen LogP contribution in [-0.2, 0) is 0 Å². The summed E-state index contributed by atoms with van der Waals surface area (Å²) in [5, 5.41) is 5.38. The van der Waals surface area contributed by atoms with Gasteiger partial charge < -0.3 is 5.32 Å². The van der Waals surface area contributed by atoms with Crippen molar-refractivity contribution in [2.24, 2.45) is 0 Å². The van der Waals surface area contributed by atoms with Crippen LogP contribution in [0.2, 0.25) is 0 Å². The normalized spacial score (nSPS) is 11.1. The van der Waals surface area contributed by atoms with Gasteiger partial charge in [0.1, 0.15) is 0 Å². The van der Waals surface area contributed by atoms with Crippen LogP contribution < -0.4 is 5.32 Å². The third-order valence-corrected chi connectivity index (χ3v) is 4.65. The Bertz CT molecular complexity index is 948. The number of anilines is 2. The van der Waals surface area contributed by atoms with Crippen molar-refractivity contribution >= 4 is 59.2 Å². The van der Waals surface area contributed by atoms with Crippen LogP contribution in [-0.4, -0.2) is 9.97 Å². The second kappa shape index (κ2) is 5.09. The van der Waals surface area contributed by atoms with Crippen LogP contribution in [0.4, 0.5) is 10.8 Å². The lowest BCUT2D eigenvalue weighted by Crippen LogP contribution is -1.89. The summed E-state index contributed by atoms with van der Waals surface area (Å²) in [6, 6.07) is 16.3. The number of hydrogen-bond acceptors (Lipinski definition) is 4. The highest BCUT2D eigenvalue weighted by molar-refractivity contribution is 9.10. The summed E-state index contributed by atoms with van der Waals surface area (Å²) in [6.45, 7) is 0. The van der Waals surface area contributed by atoms with Gasteiger partial charge in [0.25, 0.3) is 0 Å². The van der Waals surface area contributed by atoms with Crippen molar-refractivity contribution in [2.75, 3.05) is 5.32 Å². The number of fused-ring (bicyclic) bond motifs is 2. The fraction of sp³-hybridized carbons (Fsp3) is 0. The molecule has 0 unspecified atom stereocenters. The van der Waals surface area contributed by atoms with E-state index in [0.717, 1.165) is 31.7 Å². The van der Waals surface area contributed by atoms with E-state index in [0.29, 0.717) is 0 Å². The molecule has 2 heterocycles. The summed E-state index contributed by atoms with van der Waals surface area (Å²) < 4.78 is 2.21. The molecule has 0 amide bonds. The van der Waals surface area contributed by atoms with Crippen LogP contribution in [0.15, 0.2) is 59.2 Å². The first-order valence-corrected chi connectivity index (χ1v) is 8.07. The molecule has 0 saturated carbocycles. The molecule has 3 nitrogen and oxygen atoms in total. The molecule has 0 aliphatic heterocycles. The van der Waals surface area contributed by atoms with Crippen molar-refractivity contribution in [1.82, 2.24) is 9.97 Å². The van der Waals surface area contributed by atoms with Crippen molar-refractivity contribution in [3.8, 4) is 0 Å². The first-order chi connectivity index (χ1) is 10.3. The van der Waals surface area contributed by atoms with Gasteiger partial charge in [0.15, 0.2) is 5.13 Å². The molecule has 0 radical (unpaired) electrons. The van der Waals surface area contributed by atoms with Crippen LogP contribution in [0.3, 0.4) is 0 Å². The van der Waals surface area contributed by atoms with Crippen molar-refractivity contribution in [3.05, 3.63) is 59.2 Å². The minimum Gasteiger partial charge on any atom is -0.332 e. The van der Waals surface area contributed by atoms with Crippen LogP contribution in [0.5, 0.6) is 0 Å². The van der Waals surface area contributed by atoms with E-state index in [1.165, 1.54) is 4.70 Å². The number of benzene rings is 2. The summed E-state index contributed by atoms with van der Waals surface area (Å²) in [6.07, 6.45) is 1.81. The number of nitrogens with one attached hydrogen (secondary N) is 1. The Morgan fingerprint density at radius 1 is 1.00 bits per heavy atom. The van der Waals surface area contributed by atoms with Crippen molar-refractivity contribution in [3.63, 3.8) is 0 Å². The maximum atomic E-state index is 4.61. The van der Waals surface area contributed by atoms with Crippen LogP contribution in [0.25, 0.3) is 21.1 Å². The van der Waals surface area contributed by atoms with Crippen LogP contribution in [0.1, 0.15) is 0 Å². The number of pyridine rings is 1. The lowest BCUT2D eigenvalue weighted by atomic mass is 10.2. The van der Waals surface area contributed by atoms with Gasteiger partial charge in [-0.25, -0.2) is 4.98 Å². The SMILES string of the molecule is Brc1ccc2sc(Nc3ccc4ncccc4c3)nc2c1. The van der Waals surface area contributed by atoms with E-state index in [1.807, 2.05) is 30.3 Å². The van der Waals surface area contributed by atoms with Gasteiger partial charge >= 0.3 is 0 Å². The minimum atomic E-state index is 0.895. The van der Waals surface area contributed by atoms with Gasteiger partial charge in [-0.15, -0.1) is 0 Å². The lowest BCUT2D eigenvalue weighted by molar-refractivity contribution is 1.40. The summed E-state index contributed by atoms with van der Waals surface area (Å²) in [5.41, 5.74) is 3.02. The molecule has 4 aromatic rings. The number of aromatic nitrogens is 2. The molecule has 0 saturated heterocycles. The maximum absolute atomic E-state index is 4.61. The molecule has 0 bridgehead atoms. The van der Waals surface area contributed by atoms with Gasteiger partial charge in [-0.2, -0.15) is 0 Å². The van der Waals surface area contributed by atoms with Crippen molar-refractivity contribution in [1.29, 1.82) is 0 Å². The van der Waals surface area contributed by atoms with Gasteiger partial charge in [0.05, 0.1) is 15.7 Å². The minimum absolute atomic E-state index is 0.895. The third kappa shape index (κ3) is 2.50. The standard InChI is InChI=1S/C16H10BrN3S/c17-11-3-6-15-14(9-11)20-16(21-15)19-12-4-5-13-10(8-12)2-1-7-18-13/h1-9H,(H,19,20). The van der Waals surface area contributed by atoms with Gasteiger partial charge in [-0.1, -0.05) is 33.3 Å². The molecular weight excluding hydrogens is 346 g/mol.